The SMILES string of the molecule is CCCCC/C=C/C/C=C/C/C=C/CCCCC(=O)O[C@H](COC(=O)CCCCCCCCCCC/C=C/C/C=C/CCCCC)COP(=O)(O)OCC[N+](C)(C)C. The van der Waals surface area contributed by atoms with Gasteiger partial charge < -0.3 is 18.9 Å². The van der Waals surface area contributed by atoms with Crippen LogP contribution in [0.25, 0.3) is 0 Å². The Morgan fingerprint density at radius 1 is 0.534 bits per heavy atom. The normalized spacial score (nSPS) is 14.1. The lowest BCUT2D eigenvalue weighted by Crippen LogP contribution is -2.37. The summed E-state index contributed by atoms with van der Waals surface area (Å²) >= 11 is 0. The lowest BCUT2D eigenvalue weighted by Gasteiger charge is -2.24. The number of rotatable bonds is 41. The second-order valence-electron chi connectivity index (χ2n) is 16.4. The molecule has 0 bridgehead atoms. The van der Waals surface area contributed by atoms with Crippen LogP contribution in [0.15, 0.2) is 60.8 Å². The second-order valence-corrected chi connectivity index (χ2v) is 17.9. The predicted molar refractivity (Wildman–Crippen MR) is 243 cm³/mol. The van der Waals surface area contributed by atoms with E-state index in [-0.39, 0.29) is 32.0 Å². The van der Waals surface area contributed by atoms with Crippen LogP contribution in [-0.2, 0) is 32.7 Å². The Hall–Kier alpha value is -2.29. The summed E-state index contributed by atoms with van der Waals surface area (Å²) in [7, 11) is 1.44. The lowest BCUT2D eigenvalue weighted by atomic mass is 10.1. The summed E-state index contributed by atoms with van der Waals surface area (Å²) < 4.78 is 34.3. The van der Waals surface area contributed by atoms with Crippen molar-refractivity contribution in [2.75, 3.05) is 47.5 Å². The quantitative estimate of drug-likeness (QED) is 0.0213. The number of esters is 2. The van der Waals surface area contributed by atoms with Gasteiger partial charge in [-0.3, -0.25) is 18.6 Å². The highest BCUT2D eigenvalue weighted by Crippen LogP contribution is 2.43. The van der Waals surface area contributed by atoms with Crippen LogP contribution in [0.5, 0.6) is 0 Å². The second kappa shape index (κ2) is 40.1. The minimum absolute atomic E-state index is 0.0214. The molecular formula is C48H87NO8P+. The summed E-state index contributed by atoms with van der Waals surface area (Å²) in [6.45, 7) is 4.31. The third-order valence-electron chi connectivity index (χ3n) is 9.52. The van der Waals surface area contributed by atoms with Crippen LogP contribution in [0.2, 0.25) is 0 Å². The maximum atomic E-state index is 12.7. The van der Waals surface area contributed by atoms with Crippen LogP contribution in [0.1, 0.15) is 181 Å². The molecule has 0 heterocycles. The number of phosphoric ester groups is 1. The van der Waals surface area contributed by atoms with Gasteiger partial charge >= 0.3 is 19.8 Å². The van der Waals surface area contributed by atoms with Crippen molar-refractivity contribution in [1.29, 1.82) is 0 Å². The van der Waals surface area contributed by atoms with Crippen molar-refractivity contribution in [2.24, 2.45) is 0 Å². The van der Waals surface area contributed by atoms with Crippen molar-refractivity contribution in [3.8, 4) is 0 Å². The Balaban J connectivity index is 4.38. The zero-order valence-corrected chi connectivity index (χ0v) is 38.7. The average molecular weight is 837 g/mol. The molecule has 0 aliphatic rings. The van der Waals surface area contributed by atoms with Crippen molar-refractivity contribution in [3.05, 3.63) is 60.8 Å². The lowest BCUT2D eigenvalue weighted by molar-refractivity contribution is -0.870. The van der Waals surface area contributed by atoms with Crippen molar-refractivity contribution in [2.45, 2.75) is 187 Å². The number of quaternary nitrogens is 1. The molecule has 0 aromatic rings. The van der Waals surface area contributed by atoms with E-state index >= 15 is 0 Å². The summed E-state index contributed by atoms with van der Waals surface area (Å²) in [6.07, 6.45) is 48.4. The van der Waals surface area contributed by atoms with Crippen LogP contribution in [-0.4, -0.2) is 74.9 Å². The summed E-state index contributed by atoms with van der Waals surface area (Å²) in [5.41, 5.74) is 0. The summed E-state index contributed by atoms with van der Waals surface area (Å²) in [6, 6.07) is 0. The van der Waals surface area contributed by atoms with Gasteiger partial charge in [-0.2, -0.15) is 0 Å². The predicted octanol–water partition coefficient (Wildman–Crippen LogP) is 13.2. The highest BCUT2D eigenvalue weighted by Gasteiger charge is 2.27. The molecule has 1 unspecified atom stereocenters. The van der Waals surface area contributed by atoms with Gasteiger partial charge in [-0.15, -0.1) is 0 Å². The Kier molecular flexibility index (Phi) is 38.5. The Bertz CT molecular complexity index is 1170. The molecule has 0 aliphatic heterocycles. The first-order valence-corrected chi connectivity index (χ1v) is 24.5. The molecular weight excluding hydrogens is 750 g/mol. The molecule has 0 aromatic carbocycles. The van der Waals surface area contributed by atoms with E-state index < -0.39 is 26.5 Å². The number of allylic oxidation sites excluding steroid dienone is 10. The number of carbonyl (C=O) groups excluding carboxylic acids is 2. The summed E-state index contributed by atoms with van der Waals surface area (Å²) in [5.74, 6) is -0.851. The Morgan fingerprint density at radius 2 is 0.931 bits per heavy atom. The maximum absolute atomic E-state index is 12.7. The zero-order chi connectivity index (χ0) is 42.8. The number of hydrogen-bond donors (Lipinski definition) is 1. The molecule has 0 aromatic heterocycles. The smallest absolute Gasteiger partial charge is 0.462 e. The molecule has 0 saturated heterocycles. The third kappa shape index (κ3) is 43.3. The van der Waals surface area contributed by atoms with Crippen LogP contribution >= 0.6 is 7.82 Å². The molecule has 0 rings (SSSR count). The number of likely N-dealkylation sites (N-methyl/N-ethyl adjacent to an activating group) is 1. The van der Waals surface area contributed by atoms with Gasteiger partial charge in [-0.05, 0) is 83.5 Å². The number of carbonyl (C=O) groups is 2. The molecule has 0 radical (unpaired) electrons. The fourth-order valence-corrected chi connectivity index (χ4v) is 6.61. The molecule has 0 aliphatic carbocycles. The van der Waals surface area contributed by atoms with E-state index in [2.05, 4.69) is 74.6 Å². The Morgan fingerprint density at radius 3 is 1.41 bits per heavy atom. The molecule has 10 heteroatoms. The average Bonchev–Trinajstić information content (AvgIpc) is 3.17. The molecule has 2 atom stereocenters. The van der Waals surface area contributed by atoms with E-state index in [0.717, 1.165) is 64.2 Å². The number of hydrogen-bond acceptors (Lipinski definition) is 7. The number of phosphoric acid groups is 1. The van der Waals surface area contributed by atoms with Gasteiger partial charge in [0.1, 0.15) is 19.8 Å². The minimum atomic E-state index is -4.39. The zero-order valence-electron chi connectivity index (χ0n) is 37.8. The van der Waals surface area contributed by atoms with Gasteiger partial charge in [0.15, 0.2) is 6.10 Å². The molecule has 0 amide bonds. The van der Waals surface area contributed by atoms with Crippen LogP contribution in [0, 0.1) is 0 Å². The van der Waals surface area contributed by atoms with Gasteiger partial charge in [-0.25, -0.2) is 4.57 Å². The summed E-state index contributed by atoms with van der Waals surface area (Å²) in [5, 5.41) is 0. The first-order chi connectivity index (χ1) is 28.0. The monoisotopic (exact) mass is 837 g/mol. The largest absolute Gasteiger partial charge is 0.472 e. The molecule has 1 N–H and O–H groups in total. The third-order valence-corrected chi connectivity index (χ3v) is 10.5. The fraction of sp³-hybridized carbons (Fsp3) is 0.750. The molecule has 0 spiro atoms. The molecule has 0 saturated carbocycles. The first kappa shape index (κ1) is 55.7. The highest BCUT2D eigenvalue weighted by atomic mass is 31.2. The maximum Gasteiger partial charge on any atom is 0.472 e. The van der Waals surface area contributed by atoms with Crippen molar-refractivity contribution in [3.63, 3.8) is 0 Å². The van der Waals surface area contributed by atoms with E-state index in [1.807, 2.05) is 21.1 Å². The van der Waals surface area contributed by atoms with Gasteiger partial charge in [0.2, 0.25) is 0 Å². The van der Waals surface area contributed by atoms with E-state index in [4.69, 9.17) is 18.5 Å². The van der Waals surface area contributed by atoms with Crippen LogP contribution < -0.4 is 0 Å². The van der Waals surface area contributed by atoms with Gasteiger partial charge in [0, 0.05) is 12.8 Å². The van der Waals surface area contributed by atoms with Gasteiger partial charge in [0.25, 0.3) is 0 Å². The fourth-order valence-electron chi connectivity index (χ4n) is 5.87. The van der Waals surface area contributed by atoms with E-state index in [1.165, 1.54) is 83.5 Å². The van der Waals surface area contributed by atoms with Gasteiger partial charge in [-0.1, -0.05) is 145 Å². The highest BCUT2D eigenvalue weighted by molar-refractivity contribution is 7.47. The molecule has 0 fully saturated rings. The number of ether oxygens (including phenoxy) is 2. The standard InChI is InChI=1S/C48H86NO8P/c1-6-8-10-12-14-16-18-20-22-23-24-25-27-28-30-32-34-36-38-40-47(50)54-44-46(45-56-58(52,53)55-43-42-49(3,4)5)57-48(51)41-39-37-35-33-31-29-26-21-19-17-15-13-11-9-7-2/h14-17,20-22,26,31,33,46H,6-13,18-19,23-25,27-30,32,34-45H2,1-5H3/p+1/b16-14+,17-15+,22-20+,26-21+,33-31+/t46-/m1/s1. The molecule has 336 valence electrons. The van der Waals surface area contributed by atoms with E-state index in [1.54, 1.807) is 0 Å². The van der Waals surface area contributed by atoms with Crippen molar-refractivity contribution in [1.82, 2.24) is 0 Å². The first-order valence-electron chi connectivity index (χ1n) is 23.0. The minimum Gasteiger partial charge on any atom is -0.462 e. The van der Waals surface area contributed by atoms with Gasteiger partial charge in [0.05, 0.1) is 27.7 Å². The van der Waals surface area contributed by atoms with E-state index in [9.17, 15) is 19.0 Å². The number of unbranched alkanes of at least 4 members (excludes halogenated alkanes) is 17. The Labute approximate surface area is 356 Å². The van der Waals surface area contributed by atoms with Crippen LogP contribution in [0.3, 0.4) is 0 Å². The van der Waals surface area contributed by atoms with Crippen LogP contribution in [0.4, 0.5) is 0 Å². The van der Waals surface area contributed by atoms with E-state index in [0.29, 0.717) is 17.4 Å². The molecule has 58 heavy (non-hydrogen) atoms. The van der Waals surface area contributed by atoms with Crippen molar-refractivity contribution >= 4 is 19.8 Å². The number of nitrogens with zero attached hydrogens (tertiary/aromatic N) is 1. The molecule has 9 nitrogen and oxygen atoms in total. The summed E-state index contributed by atoms with van der Waals surface area (Å²) in [4.78, 5) is 35.4. The topological polar surface area (TPSA) is 108 Å². The van der Waals surface area contributed by atoms with Crippen molar-refractivity contribution < 1.29 is 42.1 Å².